The van der Waals surface area contributed by atoms with Gasteiger partial charge in [0.25, 0.3) is 0 Å². The van der Waals surface area contributed by atoms with Crippen molar-refractivity contribution in [2.75, 3.05) is 13.2 Å². The van der Waals surface area contributed by atoms with Crippen molar-refractivity contribution in [3.05, 3.63) is 12.3 Å². The van der Waals surface area contributed by atoms with E-state index in [1.807, 2.05) is 0 Å². The van der Waals surface area contributed by atoms with Crippen molar-refractivity contribution in [1.29, 1.82) is 0 Å². The van der Waals surface area contributed by atoms with Crippen molar-refractivity contribution in [3.63, 3.8) is 0 Å². The summed E-state index contributed by atoms with van der Waals surface area (Å²) in [5, 5.41) is 0. The Kier molecular flexibility index (Phi) is 21.1. The maximum absolute atomic E-state index is 13.0. The fourth-order valence-corrected chi connectivity index (χ4v) is 8.47. The van der Waals surface area contributed by atoms with Gasteiger partial charge in [-0.2, -0.15) is 0 Å². The van der Waals surface area contributed by atoms with Crippen LogP contribution in [0.2, 0.25) is 0 Å². The van der Waals surface area contributed by atoms with Crippen LogP contribution in [0.5, 0.6) is 0 Å². The molecule has 0 aromatic heterocycles. The summed E-state index contributed by atoms with van der Waals surface area (Å²) in [5.41, 5.74) is 0. The Morgan fingerprint density at radius 3 is 1.37 bits per heavy atom. The molecule has 71 heavy (non-hydrogen) atoms. The molecule has 18 atom stereocenters. The third-order valence-corrected chi connectivity index (χ3v) is 11.0. The van der Waals surface area contributed by atoms with Gasteiger partial charge in [0.1, 0.15) is 49.8 Å². The van der Waals surface area contributed by atoms with Gasteiger partial charge >= 0.3 is 59.7 Å². The molecule has 0 N–H and O–H groups in total. The molecule has 3 fully saturated rings. The van der Waals surface area contributed by atoms with Crippen molar-refractivity contribution in [2.24, 2.45) is 5.92 Å². The van der Waals surface area contributed by atoms with Crippen molar-refractivity contribution >= 4 is 59.7 Å². The molecule has 0 aromatic rings. The molecule has 1 aliphatic carbocycles. The Labute approximate surface area is 408 Å². The largest absolute Gasteiger partial charge is 0.492 e. The molecule has 4 aliphatic rings. The van der Waals surface area contributed by atoms with Crippen LogP contribution in [0.4, 0.5) is 0 Å². The Bertz CT molecular complexity index is 1990. The quantitative estimate of drug-likeness (QED) is 0.133. The van der Waals surface area contributed by atoms with Crippen molar-refractivity contribution in [2.45, 2.75) is 194 Å². The monoisotopic (exact) mass is 1020 g/mol. The average molecular weight is 1020 g/mol. The molecule has 26 heteroatoms. The molecule has 4 rings (SSSR count). The van der Waals surface area contributed by atoms with E-state index in [1.54, 1.807) is 6.92 Å². The lowest BCUT2D eigenvalue weighted by Gasteiger charge is -2.50. The molecule has 398 valence electrons. The van der Waals surface area contributed by atoms with Crippen molar-refractivity contribution in [1.82, 2.24) is 0 Å². The highest BCUT2D eigenvalue weighted by atomic mass is 16.8. The van der Waals surface area contributed by atoms with Crippen LogP contribution >= 0.6 is 0 Å². The highest BCUT2D eigenvalue weighted by molar-refractivity contribution is 5.70. The minimum absolute atomic E-state index is 0.274. The molecular formula is C45H62O26. The molecule has 0 radical (unpaired) electrons. The Morgan fingerprint density at radius 1 is 0.408 bits per heavy atom. The van der Waals surface area contributed by atoms with E-state index in [4.69, 9.17) is 75.8 Å². The fraction of sp³-hybridized carbons (Fsp3) is 0.733. The third kappa shape index (κ3) is 16.5. The zero-order valence-electron chi connectivity index (χ0n) is 41.3. The van der Waals surface area contributed by atoms with Gasteiger partial charge in [0, 0.05) is 81.6 Å². The second kappa shape index (κ2) is 25.9. The smallest absolute Gasteiger partial charge is 0.303 e. The zero-order chi connectivity index (χ0) is 53.0. The van der Waals surface area contributed by atoms with E-state index < -0.39 is 183 Å². The third-order valence-electron chi connectivity index (χ3n) is 11.0. The average Bonchev–Trinajstić information content (AvgIpc) is 3.23. The normalized spacial score (nSPS) is 34.4. The second-order valence-electron chi connectivity index (χ2n) is 17.0. The van der Waals surface area contributed by atoms with Crippen LogP contribution in [-0.4, -0.2) is 177 Å². The van der Waals surface area contributed by atoms with Gasteiger partial charge in [0.05, 0.1) is 18.5 Å². The van der Waals surface area contributed by atoms with Gasteiger partial charge in [-0.25, -0.2) is 0 Å². The summed E-state index contributed by atoms with van der Waals surface area (Å²) in [6.45, 7) is 12.7. The molecule has 0 spiro atoms. The highest BCUT2D eigenvalue weighted by Gasteiger charge is 2.58. The van der Waals surface area contributed by atoms with Crippen LogP contribution in [0.3, 0.4) is 0 Å². The lowest BCUT2D eigenvalue weighted by atomic mass is 9.80. The number of hydrogen-bond donors (Lipinski definition) is 0. The zero-order valence-corrected chi connectivity index (χ0v) is 41.3. The van der Waals surface area contributed by atoms with Crippen LogP contribution in [0.1, 0.15) is 89.5 Å². The van der Waals surface area contributed by atoms with Gasteiger partial charge in [0.2, 0.25) is 0 Å². The van der Waals surface area contributed by atoms with Crippen LogP contribution in [0.15, 0.2) is 12.3 Å². The van der Waals surface area contributed by atoms with E-state index in [0.29, 0.717) is 0 Å². The van der Waals surface area contributed by atoms with E-state index >= 15 is 0 Å². The predicted octanol–water partition coefficient (Wildman–Crippen LogP) is 0.512. The summed E-state index contributed by atoms with van der Waals surface area (Å²) in [6, 6.07) is 0. The van der Waals surface area contributed by atoms with E-state index in [1.165, 1.54) is 19.3 Å². The van der Waals surface area contributed by atoms with Crippen LogP contribution in [0.25, 0.3) is 0 Å². The topological polar surface area (TPSA) is 318 Å². The van der Waals surface area contributed by atoms with Crippen LogP contribution < -0.4 is 0 Å². The van der Waals surface area contributed by atoms with Gasteiger partial charge in [-0.05, 0) is 13.0 Å². The summed E-state index contributed by atoms with van der Waals surface area (Å²) in [5.74, 6) is -9.29. The van der Waals surface area contributed by atoms with Crippen molar-refractivity contribution < 1.29 is 124 Å². The summed E-state index contributed by atoms with van der Waals surface area (Å²) in [4.78, 5) is 125. The molecule has 3 heterocycles. The van der Waals surface area contributed by atoms with Gasteiger partial charge in [-0.1, -0.05) is 6.92 Å². The first kappa shape index (κ1) is 57.6. The SMILES string of the molecule is CC(=O)OCC1OC=C[C@@H](O[C@@H]2OC(C)[C@@H](OC(C)=O)C(OC(C)=O)[C@H]2OC(C)=O)[C@@H]1O[C@@H]1OC(COC(C)=O)[C@H](OC(C)=O)[C@H](OC(C)=O)[C@H]1O[C@@H]1CC(OC(C)=O)[C@@H](OC(C)=O)[C@H](OC(C)=O)C1C. The number of esters is 10. The first-order chi connectivity index (χ1) is 33.2. The summed E-state index contributed by atoms with van der Waals surface area (Å²) in [6.07, 6.45) is -22.9. The Hall–Kier alpha value is -5.96. The van der Waals surface area contributed by atoms with Gasteiger partial charge in [0.15, 0.2) is 55.3 Å². The van der Waals surface area contributed by atoms with E-state index in [-0.39, 0.29) is 6.42 Å². The highest BCUT2D eigenvalue weighted by Crippen LogP contribution is 2.40. The maximum atomic E-state index is 13.0. The number of carbonyl (C=O) groups excluding carboxylic acids is 10. The molecule has 0 amide bonds. The van der Waals surface area contributed by atoms with Gasteiger partial charge in [-0.3, -0.25) is 47.9 Å². The van der Waals surface area contributed by atoms with Gasteiger partial charge < -0.3 is 75.8 Å². The van der Waals surface area contributed by atoms with Crippen molar-refractivity contribution in [3.8, 4) is 0 Å². The van der Waals surface area contributed by atoms with Crippen LogP contribution in [0, 0.1) is 5.92 Å². The summed E-state index contributed by atoms with van der Waals surface area (Å²) in [7, 11) is 0. The molecule has 0 bridgehead atoms. The molecule has 2 saturated heterocycles. The molecule has 3 aliphatic heterocycles. The second-order valence-corrected chi connectivity index (χ2v) is 17.0. The van der Waals surface area contributed by atoms with Gasteiger partial charge in [-0.15, -0.1) is 0 Å². The summed E-state index contributed by atoms with van der Waals surface area (Å²) < 4.78 is 93.8. The molecule has 1 saturated carbocycles. The lowest BCUT2D eigenvalue weighted by molar-refractivity contribution is -0.355. The first-order valence-corrected chi connectivity index (χ1v) is 22.5. The molecular weight excluding hydrogens is 956 g/mol. The minimum Gasteiger partial charge on any atom is -0.492 e. The summed E-state index contributed by atoms with van der Waals surface area (Å²) >= 11 is 0. The molecule has 0 aromatic carbocycles. The van der Waals surface area contributed by atoms with E-state index in [0.717, 1.165) is 69.2 Å². The predicted molar refractivity (Wildman–Crippen MR) is 227 cm³/mol. The van der Waals surface area contributed by atoms with E-state index in [9.17, 15) is 47.9 Å². The van der Waals surface area contributed by atoms with Crippen LogP contribution in [-0.2, 0) is 124 Å². The van der Waals surface area contributed by atoms with E-state index in [2.05, 4.69) is 0 Å². The first-order valence-electron chi connectivity index (χ1n) is 22.5. The standard InChI is InChI=1S/C45H62O26/c1-18-31(15-32(60-22(5)48)38(63-25(8)51)35(18)61-23(6)49)68-43-41(66-28(11)54)39(64-26(9)52)34(17-58-21(4)47)70-45(43)71-37-30(13-14-56-33(37)16-57-20(3)46)69-44-42(67-29(12)55)40(65-27(10)53)36(19(2)59-44)62-24(7)50/h13-14,18-19,30-45H,15-17H2,1-12H3/t18?,19?,30-,31-,32?,33?,34?,35-,36-,37+,38-,39+,40?,41+,42-,43-,44+,45+/m1/s1. The molecule has 26 nitrogen and oxygen atoms in total. The fourth-order valence-electron chi connectivity index (χ4n) is 8.47. The number of hydrogen-bond acceptors (Lipinski definition) is 26. The lowest BCUT2D eigenvalue weighted by Crippen LogP contribution is -2.66. The number of carbonyl (C=O) groups is 10. The maximum Gasteiger partial charge on any atom is 0.303 e. The Balaban J connectivity index is 1.91. The number of rotatable bonds is 18. The molecule has 6 unspecified atom stereocenters. The minimum atomic E-state index is -1.85. The Morgan fingerprint density at radius 2 is 0.845 bits per heavy atom. The number of ether oxygens (including phenoxy) is 16.